The van der Waals surface area contributed by atoms with E-state index in [2.05, 4.69) is 5.32 Å². The Morgan fingerprint density at radius 1 is 0.950 bits per heavy atom. The maximum atomic E-state index is 10.9. The molecule has 0 saturated carbocycles. The summed E-state index contributed by atoms with van der Waals surface area (Å²) < 4.78 is 0. The fourth-order valence-corrected chi connectivity index (χ4v) is 0.837. The van der Waals surface area contributed by atoms with Crippen molar-refractivity contribution < 1.29 is 14.7 Å². The second-order valence-electron chi connectivity index (χ2n) is 2.75. The number of carbonyl (C=O) groups is 2. The molecule has 0 saturated heterocycles. The van der Waals surface area contributed by atoms with Gasteiger partial charge in [-0.3, -0.25) is 9.59 Å². The van der Waals surface area contributed by atoms with Crippen LogP contribution in [0.4, 0.5) is 0 Å². The van der Waals surface area contributed by atoms with Crippen molar-refractivity contribution in [1.82, 2.24) is 5.32 Å². The van der Waals surface area contributed by atoms with Crippen LogP contribution in [-0.4, -0.2) is 28.9 Å². The number of hydrogen-bond acceptors (Lipinski definition) is 3. The third kappa shape index (κ3) is 25.8. The molecule has 0 radical (unpaired) electrons. The minimum atomic E-state index is -0.835. The summed E-state index contributed by atoms with van der Waals surface area (Å²) in [5.74, 6) is -0.456. The maximum absolute atomic E-state index is 10.9. The van der Waals surface area contributed by atoms with Crippen LogP contribution in [0.15, 0.2) is 0 Å². The molecule has 0 aromatic rings. The average molecular weight is 293 g/mol. The van der Waals surface area contributed by atoms with Gasteiger partial charge in [0.05, 0.1) is 6.10 Å². The van der Waals surface area contributed by atoms with Crippen molar-refractivity contribution >= 4 is 11.7 Å². The van der Waals surface area contributed by atoms with Crippen molar-refractivity contribution in [2.75, 3.05) is 0 Å². The van der Waals surface area contributed by atoms with Crippen molar-refractivity contribution in [2.45, 2.75) is 94.7 Å². The average Bonchev–Trinajstić information content (AvgIpc) is 2.51. The summed E-state index contributed by atoms with van der Waals surface area (Å²) in [7, 11) is 0. The molecule has 126 valence electrons. The molecule has 0 bridgehead atoms. The van der Waals surface area contributed by atoms with Gasteiger partial charge in [-0.2, -0.15) is 0 Å². The zero-order chi connectivity index (χ0) is 17.7. The highest BCUT2D eigenvalue weighted by molar-refractivity contribution is 5.87. The Morgan fingerprint density at radius 2 is 1.25 bits per heavy atom. The predicted molar refractivity (Wildman–Crippen MR) is 90.0 cm³/mol. The molecule has 0 aliphatic heterocycles. The van der Waals surface area contributed by atoms with Gasteiger partial charge in [-0.15, -0.1) is 0 Å². The molecule has 2 atom stereocenters. The van der Waals surface area contributed by atoms with Gasteiger partial charge in [0, 0.05) is 6.42 Å². The summed E-state index contributed by atoms with van der Waals surface area (Å²) in [6.07, 6.45) is -0.519. The molecule has 1 amide bonds. The smallest absolute Gasteiger partial charge is 0.220 e. The number of rotatable bonds is 4. The Bertz CT molecular complexity index is 181. The number of ketones is 1. The second-order valence-corrected chi connectivity index (χ2v) is 2.75. The van der Waals surface area contributed by atoms with E-state index in [1.54, 1.807) is 6.92 Å². The Kier molecular flexibility index (Phi) is 48.5. The minimum Gasteiger partial charge on any atom is -0.391 e. The molecule has 2 N–H and O–H groups in total. The monoisotopic (exact) mass is 293 g/mol. The fraction of sp³-hybridized carbons (Fsp3) is 0.875. The Hall–Kier alpha value is -0.900. The fourth-order valence-electron chi connectivity index (χ4n) is 0.837. The van der Waals surface area contributed by atoms with Crippen LogP contribution in [-0.2, 0) is 9.59 Å². The van der Waals surface area contributed by atoms with E-state index in [4.69, 9.17) is 5.11 Å². The molecule has 0 aromatic carbocycles. The van der Waals surface area contributed by atoms with Crippen LogP contribution >= 0.6 is 0 Å². The van der Waals surface area contributed by atoms with Gasteiger partial charge in [-0.05, 0) is 13.8 Å². The van der Waals surface area contributed by atoms with E-state index >= 15 is 0 Å². The molecule has 0 fully saturated rings. The Labute approximate surface area is 127 Å². The van der Waals surface area contributed by atoms with Gasteiger partial charge in [-0.25, -0.2) is 0 Å². The number of aliphatic hydroxyl groups is 1. The Morgan fingerprint density at radius 3 is 1.40 bits per heavy atom. The first kappa shape index (κ1) is 31.5. The molecule has 0 spiro atoms. The molecule has 4 nitrogen and oxygen atoms in total. The van der Waals surface area contributed by atoms with Crippen LogP contribution in [0.1, 0.15) is 82.6 Å². The number of amides is 1. The zero-order valence-electron chi connectivity index (χ0n) is 15.6. The topological polar surface area (TPSA) is 66.4 Å². The number of aliphatic hydroxyl groups excluding tert-OH is 1. The lowest BCUT2D eigenvalue weighted by molar-refractivity contribution is -0.128. The van der Waals surface area contributed by atoms with E-state index in [0.29, 0.717) is 6.42 Å². The third-order valence-electron chi connectivity index (χ3n) is 1.56. The van der Waals surface area contributed by atoms with E-state index in [9.17, 15) is 9.59 Å². The van der Waals surface area contributed by atoms with E-state index in [-0.39, 0.29) is 11.7 Å². The van der Waals surface area contributed by atoms with Gasteiger partial charge >= 0.3 is 0 Å². The third-order valence-corrected chi connectivity index (χ3v) is 1.56. The van der Waals surface area contributed by atoms with E-state index in [1.165, 1.54) is 13.8 Å². The van der Waals surface area contributed by atoms with E-state index < -0.39 is 12.1 Å². The molecule has 0 aliphatic carbocycles. The standard InChI is InChI=1S/C8H15NO3.4C2H6/c1-4-7(12)9-8(5(2)10)6(3)11;4*1-2/h5,8,10H,4H2,1-3H3,(H,9,12);4*1-2H3. The van der Waals surface area contributed by atoms with Crippen LogP contribution in [0, 0.1) is 0 Å². The highest BCUT2D eigenvalue weighted by Crippen LogP contribution is 1.94. The number of nitrogens with one attached hydrogen (secondary N) is 1. The number of carbonyl (C=O) groups excluding carboxylic acids is 2. The highest BCUT2D eigenvalue weighted by atomic mass is 16.3. The van der Waals surface area contributed by atoms with Gasteiger partial charge in [0.15, 0.2) is 5.78 Å². The predicted octanol–water partition coefficient (Wildman–Crippen LogP) is 3.96. The van der Waals surface area contributed by atoms with Gasteiger partial charge in [0.1, 0.15) is 6.04 Å². The van der Waals surface area contributed by atoms with Crippen LogP contribution in [0.5, 0.6) is 0 Å². The van der Waals surface area contributed by atoms with Crippen LogP contribution < -0.4 is 5.32 Å². The minimum absolute atomic E-state index is 0.226. The summed E-state index contributed by atoms with van der Waals surface area (Å²) in [5.41, 5.74) is 0. The summed E-state index contributed by atoms with van der Waals surface area (Å²) in [4.78, 5) is 21.7. The SMILES string of the molecule is CC.CC.CC.CC.CCC(=O)NC(C(C)=O)C(C)O. The molecule has 0 aromatic heterocycles. The summed E-state index contributed by atoms with van der Waals surface area (Å²) in [6.45, 7) is 20.5. The first-order chi connectivity index (χ1) is 9.49. The highest BCUT2D eigenvalue weighted by Gasteiger charge is 2.20. The lowest BCUT2D eigenvalue weighted by Crippen LogP contribution is -2.46. The van der Waals surface area contributed by atoms with Crippen molar-refractivity contribution in [3.05, 3.63) is 0 Å². The van der Waals surface area contributed by atoms with Gasteiger partial charge in [0.25, 0.3) is 0 Å². The summed E-state index contributed by atoms with van der Waals surface area (Å²) >= 11 is 0. The quantitative estimate of drug-likeness (QED) is 0.824. The second kappa shape index (κ2) is 30.8. The van der Waals surface area contributed by atoms with Crippen molar-refractivity contribution in [3.8, 4) is 0 Å². The molecular formula is C16H39NO3. The first-order valence-electron chi connectivity index (χ1n) is 7.97. The van der Waals surface area contributed by atoms with Crippen LogP contribution in [0.2, 0.25) is 0 Å². The Balaban J connectivity index is -0.0000000799. The maximum Gasteiger partial charge on any atom is 0.220 e. The van der Waals surface area contributed by atoms with Gasteiger partial charge in [-0.1, -0.05) is 62.3 Å². The zero-order valence-corrected chi connectivity index (χ0v) is 15.6. The van der Waals surface area contributed by atoms with Crippen molar-refractivity contribution in [2.24, 2.45) is 0 Å². The lowest BCUT2D eigenvalue weighted by Gasteiger charge is -2.17. The summed E-state index contributed by atoms with van der Waals surface area (Å²) in [6, 6.07) is -0.766. The van der Waals surface area contributed by atoms with Gasteiger partial charge in [0.2, 0.25) is 5.91 Å². The molecule has 20 heavy (non-hydrogen) atoms. The van der Waals surface area contributed by atoms with E-state index in [0.717, 1.165) is 0 Å². The van der Waals surface area contributed by atoms with Crippen LogP contribution in [0.25, 0.3) is 0 Å². The van der Waals surface area contributed by atoms with Crippen molar-refractivity contribution in [1.29, 1.82) is 0 Å². The van der Waals surface area contributed by atoms with Gasteiger partial charge < -0.3 is 10.4 Å². The lowest BCUT2D eigenvalue weighted by atomic mass is 10.1. The largest absolute Gasteiger partial charge is 0.391 e. The van der Waals surface area contributed by atoms with E-state index in [1.807, 2.05) is 55.4 Å². The van der Waals surface area contributed by atoms with Crippen molar-refractivity contribution in [3.63, 3.8) is 0 Å². The molecule has 4 heteroatoms. The first-order valence-corrected chi connectivity index (χ1v) is 7.97. The molecule has 0 aliphatic rings. The normalized spacial score (nSPS) is 10.2. The van der Waals surface area contributed by atoms with Crippen LogP contribution in [0.3, 0.4) is 0 Å². The molecular weight excluding hydrogens is 254 g/mol. The molecule has 2 unspecified atom stereocenters. The number of Topliss-reactive ketones (excluding diaryl/α,β-unsaturated/α-hetero) is 1. The summed E-state index contributed by atoms with van der Waals surface area (Å²) in [5, 5.41) is 11.5. The molecule has 0 rings (SSSR count). The number of hydrogen-bond donors (Lipinski definition) is 2. The molecule has 0 heterocycles.